The van der Waals surface area contributed by atoms with E-state index in [9.17, 15) is 14.4 Å². The number of carbonyl (C=O) groups is 3. The first kappa shape index (κ1) is 25.9. The van der Waals surface area contributed by atoms with E-state index in [0.29, 0.717) is 21.9 Å². The number of rotatable bonds is 6. The highest BCUT2D eigenvalue weighted by Crippen LogP contribution is 2.66. The molecule has 6 rings (SSSR count). The molecule has 0 saturated carbocycles. The lowest BCUT2D eigenvalue weighted by Crippen LogP contribution is -2.59. The number of hydrogen-bond donors (Lipinski definition) is 1. The molecule has 200 valence electrons. The molecule has 0 spiro atoms. The number of methoxy groups -OCH3 is 1. The summed E-state index contributed by atoms with van der Waals surface area (Å²) in [5.41, 5.74) is 1.10. The van der Waals surface area contributed by atoms with E-state index in [-0.39, 0.29) is 0 Å². The third kappa shape index (κ3) is 3.62. The summed E-state index contributed by atoms with van der Waals surface area (Å²) in [5, 5.41) is 2.03. The highest BCUT2D eigenvalue weighted by atomic mass is 31.2. The highest BCUT2D eigenvalue weighted by Gasteiger charge is 2.75. The number of anilines is 1. The molecular formula is C32H27N2O5P. The van der Waals surface area contributed by atoms with Gasteiger partial charge < -0.3 is 9.30 Å². The van der Waals surface area contributed by atoms with Gasteiger partial charge in [0.15, 0.2) is 12.4 Å². The molecule has 0 aliphatic carbocycles. The summed E-state index contributed by atoms with van der Waals surface area (Å²) >= 11 is 0. The first-order chi connectivity index (χ1) is 19.4. The molecule has 2 heterocycles. The van der Waals surface area contributed by atoms with Crippen LogP contribution in [0.25, 0.3) is 0 Å². The summed E-state index contributed by atoms with van der Waals surface area (Å²) in [6, 6.07) is 34.4. The minimum atomic E-state index is -4.07. The van der Waals surface area contributed by atoms with Gasteiger partial charge in [-0.15, -0.1) is 0 Å². The smallest absolute Gasteiger partial charge is 0.335 e. The zero-order valence-electron chi connectivity index (χ0n) is 21.7. The first-order valence-corrected chi connectivity index (χ1v) is 14.7. The van der Waals surface area contributed by atoms with Crippen molar-refractivity contribution in [2.45, 2.75) is 11.3 Å². The van der Waals surface area contributed by atoms with Gasteiger partial charge in [0.2, 0.25) is 11.8 Å². The Morgan fingerprint density at radius 3 is 1.73 bits per heavy atom. The summed E-state index contributed by atoms with van der Waals surface area (Å²) in [6.07, 6.45) is 0. The molecule has 4 atom stereocenters. The van der Waals surface area contributed by atoms with E-state index in [1.165, 1.54) is 7.11 Å². The van der Waals surface area contributed by atoms with Crippen LogP contribution in [0.4, 0.5) is 5.69 Å². The lowest BCUT2D eigenvalue weighted by Gasteiger charge is -2.39. The van der Waals surface area contributed by atoms with Crippen LogP contribution in [0.5, 0.6) is 0 Å². The van der Waals surface area contributed by atoms with Crippen molar-refractivity contribution >= 4 is 41.2 Å². The standard InChI is InChI=1S/C32H27N2O5P/c1-39-31(37)32(40(38,24-18-10-4-11-19-24)25-20-12-5-13-21-25)27-26(28(33-32)22-14-6-2-7-15-22)29(35)34(30(27)36)23-16-8-3-9-17-23/h2-21,26-28,33H,1H3/t26-,27-,28-,32+/m0/s1. The number of nitrogens with one attached hydrogen (secondary N) is 1. The molecular weight excluding hydrogens is 523 g/mol. The highest BCUT2D eigenvalue weighted by molar-refractivity contribution is 7.81. The summed E-state index contributed by atoms with van der Waals surface area (Å²) < 4.78 is 21.3. The molecule has 0 unspecified atom stereocenters. The molecule has 0 radical (unpaired) electrons. The summed E-state index contributed by atoms with van der Waals surface area (Å²) in [7, 11) is -2.86. The van der Waals surface area contributed by atoms with Crippen LogP contribution in [-0.4, -0.2) is 30.2 Å². The van der Waals surface area contributed by atoms with Gasteiger partial charge in [-0.1, -0.05) is 109 Å². The maximum atomic E-state index is 15.9. The van der Waals surface area contributed by atoms with Crippen molar-refractivity contribution in [1.82, 2.24) is 5.32 Å². The number of carbonyl (C=O) groups excluding carboxylic acids is 3. The van der Waals surface area contributed by atoms with Crippen LogP contribution in [0, 0.1) is 11.8 Å². The summed E-state index contributed by atoms with van der Waals surface area (Å²) in [4.78, 5) is 44.0. The van der Waals surface area contributed by atoms with Crippen LogP contribution in [0.3, 0.4) is 0 Å². The Morgan fingerprint density at radius 2 is 1.23 bits per heavy atom. The van der Waals surface area contributed by atoms with Crippen molar-refractivity contribution in [3.8, 4) is 0 Å². The average molecular weight is 551 g/mol. The number of imide groups is 1. The maximum Gasteiger partial charge on any atom is 0.335 e. The maximum absolute atomic E-state index is 15.9. The Kier molecular flexibility index (Phi) is 6.49. The van der Waals surface area contributed by atoms with Crippen LogP contribution in [0.1, 0.15) is 11.6 Å². The molecule has 7 nitrogen and oxygen atoms in total. The molecule has 1 N–H and O–H groups in total. The van der Waals surface area contributed by atoms with Gasteiger partial charge in [0, 0.05) is 16.7 Å². The molecule has 0 aromatic heterocycles. The molecule has 2 aliphatic heterocycles. The molecule has 4 aromatic rings. The lowest BCUT2D eigenvalue weighted by atomic mass is 9.86. The minimum absolute atomic E-state index is 0.380. The van der Waals surface area contributed by atoms with Crippen molar-refractivity contribution < 1.29 is 23.7 Å². The monoisotopic (exact) mass is 550 g/mol. The van der Waals surface area contributed by atoms with Crippen LogP contribution in [0.2, 0.25) is 0 Å². The van der Waals surface area contributed by atoms with Crippen molar-refractivity contribution in [1.29, 1.82) is 0 Å². The van der Waals surface area contributed by atoms with Crippen LogP contribution in [-0.2, 0) is 23.7 Å². The Morgan fingerprint density at radius 1 is 0.750 bits per heavy atom. The fourth-order valence-electron chi connectivity index (χ4n) is 6.25. The van der Waals surface area contributed by atoms with Crippen LogP contribution < -0.4 is 20.8 Å². The molecule has 0 bridgehead atoms. The van der Waals surface area contributed by atoms with Crippen molar-refractivity contribution in [2.75, 3.05) is 12.0 Å². The molecule has 8 heteroatoms. The zero-order valence-corrected chi connectivity index (χ0v) is 22.6. The zero-order chi connectivity index (χ0) is 27.9. The summed E-state index contributed by atoms with van der Waals surface area (Å²) in [5.74, 6) is -4.21. The van der Waals surface area contributed by atoms with Gasteiger partial charge in [-0.25, -0.2) is 9.69 Å². The number of nitrogens with zero attached hydrogens (tertiary/aromatic N) is 1. The van der Waals surface area contributed by atoms with E-state index in [2.05, 4.69) is 5.32 Å². The molecule has 40 heavy (non-hydrogen) atoms. The van der Waals surface area contributed by atoms with Gasteiger partial charge in [-0.05, 0) is 17.7 Å². The van der Waals surface area contributed by atoms with Gasteiger partial charge in [0.1, 0.15) is 0 Å². The van der Waals surface area contributed by atoms with Crippen LogP contribution >= 0.6 is 7.14 Å². The fourth-order valence-corrected chi connectivity index (χ4v) is 9.88. The number of benzene rings is 4. The Hall–Kier alpha value is -4.32. The largest absolute Gasteiger partial charge is 0.467 e. The second-order valence-corrected chi connectivity index (χ2v) is 12.9. The molecule has 2 saturated heterocycles. The molecule has 4 aromatic carbocycles. The molecule has 2 aliphatic rings. The van der Waals surface area contributed by atoms with Crippen LogP contribution in [0.15, 0.2) is 121 Å². The summed E-state index contributed by atoms with van der Waals surface area (Å²) in [6.45, 7) is 0. The normalized spacial score (nSPS) is 24.1. The quantitative estimate of drug-likeness (QED) is 0.222. The van der Waals surface area contributed by atoms with Gasteiger partial charge in [-0.3, -0.25) is 14.9 Å². The van der Waals surface area contributed by atoms with E-state index in [4.69, 9.17) is 4.74 Å². The lowest BCUT2D eigenvalue weighted by molar-refractivity contribution is -0.147. The van der Waals surface area contributed by atoms with Gasteiger partial charge in [0.05, 0.1) is 24.6 Å². The molecule has 2 fully saturated rings. The van der Waals surface area contributed by atoms with E-state index in [1.54, 1.807) is 91.0 Å². The second kappa shape index (κ2) is 10.0. The minimum Gasteiger partial charge on any atom is -0.467 e. The molecule has 2 amide bonds. The van der Waals surface area contributed by atoms with E-state index in [1.807, 2.05) is 30.3 Å². The predicted octanol–water partition coefficient (Wildman–Crippen LogP) is 4.02. The Labute approximate surface area is 232 Å². The topological polar surface area (TPSA) is 92.8 Å². The van der Waals surface area contributed by atoms with Crippen molar-refractivity contribution in [3.05, 3.63) is 127 Å². The SMILES string of the molecule is COC(=O)[C@@]1(P(=O)(c2ccccc2)c2ccccc2)N[C@@H](c2ccccc2)[C@H]2C(=O)N(c3ccccc3)C(=O)[C@H]21. The third-order valence-electron chi connectivity index (χ3n) is 7.94. The number of ether oxygens (including phenoxy) is 1. The third-order valence-corrected chi connectivity index (χ3v) is 11.6. The van der Waals surface area contributed by atoms with Crippen molar-refractivity contribution in [2.24, 2.45) is 11.8 Å². The fraction of sp³-hybridized carbons (Fsp3) is 0.156. The number of amides is 2. The Balaban J connectivity index is 1.68. The van der Waals surface area contributed by atoms with E-state index < -0.39 is 48.1 Å². The van der Waals surface area contributed by atoms with E-state index in [0.717, 1.165) is 4.90 Å². The second-order valence-electron chi connectivity index (χ2n) is 9.92. The number of hydrogen-bond acceptors (Lipinski definition) is 6. The first-order valence-electron chi connectivity index (χ1n) is 13.0. The Bertz CT molecular complexity index is 1570. The van der Waals surface area contributed by atoms with Crippen molar-refractivity contribution in [3.63, 3.8) is 0 Å². The van der Waals surface area contributed by atoms with Gasteiger partial charge in [0.25, 0.3) is 0 Å². The average Bonchev–Trinajstić information content (AvgIpc) is 3.52. The van der Waals surface area contributed by atoms with Gasteiger partial charge >= 0.3 is 5.97 Å². The number of esters is 1. The number of para-hydroxylation sites is 1. The predicted molar refractivity (Wildman–Crippen MR) is 153 cm³/mol. The van der Waals surface area contributed by atoms with Gasteiger partial charge in [-0.2, -0.15) is 0 Å². The van der Waals surface area contributed by atoms with E-state index >= 15 is 4.57 Å². The number of fused-ring (bicyclic) bond motifs is 1.